The minimum absolute atomic E-state index is 0.111. The molecule has 2 aromatic rings. The van der Waals surface area contributed by atoms with E-state index in [1.807, 2.05) is 0 Å². The zero-order chi connectivity index (χ0) is 16.8. The molecule has 0 unspecified atom stereocenters. The highest BCUT2D eigenvalue weighted by molar-refractivity contribution is 6.40. The van der Waals surface area contributed by atoms with Gasteiger partial charge in [0.2, 0.25) is 0 Å². The lowest BCUT2D eigenvalue weighted by Gasteiger charge is -2.17. The summed E-state index contributed by atoms with van der Waals surface area (Å²) in [5, 5.41) is 12.1. The van der Waals surface area contributed by atoms with Gasteiger partial charge in [-0.05, 0) is 29.8 Å². The lowest BCUT2D eigenvalue weighted by atomic mass is 10.0. The van der Waals surface area contributed by atoms with Gasteiger partial charge in [0.05, 0.1) is 16.8 Å². The standard InChI is InChI=1S/C19H11NO4/c21-17-12-3-1-2-4-13(12)18(22)16(17)15-8-5-10-9-11(19(23)24)6-7-14(10)20-15/h1-9,20H,(H,23,24). The van der Waals surface area contributed by atoms with E-state index in [0.29, 0.717) is 28.1 Å². The maximum Gasteiger partial charge on any atom is 0.335 e. The fourth-order valence-corrected chi connectivity index (χ4v) is 2.95. The van der Waals surface area contributed by atoms with Crippen molar-refractivity contribution in [2.75, 3.05) is 5.32 Å². The number of carbonyl (C=O) groups is 3. The molecular formula is C19H11NO4. The predicted octanol–water partition coefficient (Wildman–Crippen LogP) is 3.16. The van der Waals surface area contributed by atoms with Crippen LogP contribution in [0.2, 0.25) is 0 Å². The SMILES string of the molecule is O=C(O)c1ccc2c(c1)C=CC(=C1C(=O)c3ccccc3C1=O)N2. The van der Waals surface area contributed by atoms with Gasteiger partial charge in [-0.3, -0.25) is 9.59 Å². The van der Waals surface area contributed by atoms with Crippen LogP contribution in [-0.4, -0.2) is 22.6 Å². The number of Topliss-reactive ketones (excluding diaryl/α,β-unsaturated/α-hetero) is 2. The molecule has 0 aromatic heterocycles. The first-order chi connectivity index (χ1) is 11.6. The van der Waals surface area contributed by atoms with E-state index in [2.05, 4.69) is 5.32 Å². The Morgan fingerprint density at radius 1 is 0.917 bits per heavy atom. The van der Waals surface area contributed by atoms with Crippen molar-refractivity contribution in [2.45, 2.75) is 0 Å². The first-order valence-corrected chi connectivity index (χ1v) is 7.31. The van der Waals surface area contributed by atoms with Gasteiger partial charge in [0.15, 0.2) is 11.6 Å². The van der Waals surface area contributed by atoms with Crippen LogP contribution in [0.15, 0.2) is 59.8 Å². The van der Waals surface area contributed by atoms with Crippen LogP contribution in [0.25, 0.3) is 6.08 Å². The van der Waals surface area contributed by atoms with Gasteiger partial charge in [-0.2, -0.15) is 0 Å². The number of hydrogen-bond donors (Lipinski definition) is 2. The number of fused-ring (bicyclic) bond motifs is 2. The Balaban J connectivity index is 1.79. The number of carboxylic acid groups (broad SMARTS) is 1. The van der Waals surface area contributed by atoms with Crippen LogP contribution in [0.1, 0.15) is 36.6 Å². The number of hydrogen-bond acceptors (Lipinski definition) is 4. The number of ketones is 2. The van der Waals surface area contributed by atoms with E-state index in [1.54, 1.807) is 42.5 Å². The normalized spacial score (nSPS) is 15.2. The number of rotatable bonds is 1. The van der Waals surface area contributed by atoms with Crippen molar-refractivity contribution in [2.24, 2.45) is 0 Å². The molecule has 5 heteroatoms. The molecule has 2 aromatic carbocycles. The fraction of sp³-hybridized carbons (Fsp3) is 0. The van der Waals surface area contributed by atoms with Crippen molar-refractivity contribution >= 4 is 29.3 Å². The van der Waals surface area contributed by atoms with E-state index >= 15 is 0 Å². The van der Waals surface area contributed by atoms with Crippen molar-refractivity contribution in [3.8, 4) is 0 Å². The van der Waals surface area contributed by atoms with Gasteiger partial charge in [0.1, 0.15) is 0 Å². The molecule has 1 aliphatic carbocycles. The van der Waals surface area contributed by atoms with E-state index < -0.39 is 5.97 Å². The highest BCUT2D eigenvalue weighted by Gasteiger charge is 2.35. The summed E-state index contributed by atoms with van der Waals surface area (Å²) in [6, 6.07) is 11.4. The lowest BCUT2D eigenvalue weighted by molar-refractivity contribution is 0.0696. The van der Waals surface area contributed by atoms with Crippen molar-refractivity contribution in [1.82, 2.24) is 0 Å². The Labute approximate surface area is 136 Å². The molecule has 0 bridgehead atoms. The molecule has 5 nitrogen and oxygen atoms in total. The summed E-state index contributed by atoms with van der Waals surface area (Å²) < 4.78 is 0. The minimum atomic E-state index is -1.01. The largest absolute Gasteiger partial charge is 0.478 e. The molecule has 0 saturated carbocycles. The van der Waals surface area contributed by atoms with E-state index in [-0.39, 0.29) is 22.7 Å². The third kappa shape index (κ3) is 1.99. The van der Waals surface area contributed by atoms with E-state index in [1.165, 1.54) is 12.1 Å². The molecule has 1 heterocycles. The van der Waals surface area contributed by atoms with Crippen molar-refractivity contribution in [1.29, 1.82) is 0 Å². The predicted molar refractivity (Wildman–Crippen MR) is 88.2 cm³/mol. The first kappa shape index (κ1) is 14.1. The van der Waals surface area contributed by atoms with Gasteiger partial charge in [0, 0.05) is 16.8 Å². The van der Waals surface area contributed by atoms with E-state index in [0.717, 1.165) is 0 Å². The molecule has 0 radical (unpaired) electrons. The molecule has 116 valence electrons. The molecule has 0 fully saturated rings. The van der Waals surface area contributed by atoms with Crippen LogP contribution < -0.4 is 5.32 Å². The minimum Gasteiger partial charge on any atom is -0.478 e. The smallest absolute Gasteiger partial charge is 0.335 e. The lowest BCUT2D eigenvalue weighted by Crippen LogP contribution is -2.13. The quantitative estimate of drug-likeness (QED) is 0.623. The van der Waals surface area contributed by atoms with Crippen molar-refractivity contribution in [3.05, 3.63) is 82.1 Å². The summed E-state index contributed by atoms with van der Waals surface area (Å²) in [7, 11) is 0. The van der Waals surface area contributed by atoms with Crippen LogP contribution >= 0.6 is 0 Å². The van der Waals surface area contributed by atoms with Crippen LogP contribution in [0, 0.1) is 0 Å². The zero-order valence-corrected chi connectivity index (χ0v) is 12.4. The second kappa shape index (κ2) is 5.03. The molecule has 4 rings (SSSR count). The number of aromatic carboxylic acids is 1. The van der Waals surface area contributed by atoms with E-state index in [4.69, 9.17) is 5.11 Å². The maximum atomic E-state index is 12.5. The Kier molecular flexibility index (Phi) is 2.96. The summed E-state index contributed by atoms with van der Waals surface area (Å²) >= 11 is 0. The van der Waals surface area contributed by atoms with Crippen LogP contribution in [0.4, 0.5) is 5.69 Å². The van der Waals surface area contributed by atoms with Crippen molar-refractivity contribution in [3.63, 3.8) is 0 Å². The number of anilines is 1. The molecule has 0 atom stereocenters. The molecule has 2 N–H and O–H groups in total. The third-order valence-corrected chi connectivity index (χ3v) is 4.14. The van der Waals surface area contributed by atoms with Crippen LogP contribution in [-0.2, 0) is 0 Å². The van der Waals surface area contributed by atoms with Crippen LogP contribution in [0.5, 0.6) is 0 Å². The number of carboxylic acids is 1. The van der Waals surface area contributed by atoms with Crippen LogP contribution in [0.3, 0.4) is 0 Å². The average Bonchev–Trinajstić information content (AvgIpc) is 2.85. The summed E-state index contributed by atoms with van der Waals surface area (Å²) in [5.41, 5.74) is 2.88. The van der Waals surface area contributed by atoms with Crippen molar-refractivity contribution < 1.29 is 19.5 Å². The Morgan fingerprint density at radius 2 is 1.58 bits per heavy atom. The highest BCUT2D eigenvalue weighted by Crippen LogP contribution is 2.32. The summed E-state index contributed by atoms with van der Waals surface area (Å²) in [6.45, 7) is 0. The van der Waals surface area contributed by atoms with Gasteiger partial charge in [-0.25, -0.2) is 4.79 Å². The third-order valence-electron chi connectivity index (χ3n) is 4.14. The van der Waals surface area contributed by atoms with Gasteiger partial charge < -0.3 is 10.4 Å². The second-order valence-electron chi connectivity index (χ2n) is 5.56. The topological polar surface area (TPSA) is 83.5 Å². The maximum absolute atomic E-state index is 12.5. The fourth-order valence-electron chi connectivity index (χ4n) is 2.95. The molecule has 1 aliphatic heterocycles. The number of nitrogens with one attached hydrogen (secondary N) is 1. The second-order valence-corrected chi connectivity index (χ2v) is 5.56. The molecule has 2 aliphatic rings. The Bertz CT molecular complexity index is 961. The molecule has 0 amide bonds. The molecule has 0 spiro atoms. The molecule has 24 heavy (non-hydrogen) atoms. The molecular weight excluding hydrogens is 306 g/mol. The summed E-state index contributed by atoms with van der Waals surface area (Å²) in [5.74, 6) is -1.60. The number of benzene rings is 2. The highest BCUT2D eigenvalue weighted by atomic mass is 16.4. The zero-order valence-electron chi connectivity index (χ0n) is 12.4. The van der Waals surface area contributed by atoms with Gasteiger partial charge in [-0.15, -0.1) is 0 Å². The number of allylic oxidation sites excluding steroid dienone is 2. The molecule has 0 saturated heterocycles. The van der Waals surface area contributed by atoms with Gasteiger partial charge in [-0.1, -0.05) is 30.3 Å². The monoisotopic (exact) mass is 317 g/mol. The van der Waals surface area contributed by atoms with E-state index in [9.17, 15) is 14.4 Å². The summed E-state index contributed by atoms with van der Waals surface area (Å²) in [6.07, 6.45) is 3.33. The number of carbonyl (C=O) groups excluding carboxylic acids is 2. The Morgan fingerprint density at radius 3 is 2.21 bits per heavy atom. The van der Waals surface area contributed by atoms with Gasteiger partial charge in [0.25, 0.3) is 0 Å². The Hall–Kier alpha value is -3.47. The van der Waals surface area contributed by atoms with Gasteiger partial charge >= 0.3 is 5.97 Å². The average molecular weight is 317 g/mol. The first-order valence-electron chi connectivity index (χ1n) is 7.31. The summed E-state index contributed by atoms with van der Waals surface area (Å²) in [4.78, 5) is 36.1.